The number of fused-ring (bicyclic) bond motifs is 1. The molecule has 1 atom stereocenters. The van der Waals surface area contributed by atoms with Crippen LogP contribution in [0.4, 0.5) is 0 Å². The summed E-state index contributed by atoms with van der Waals surface area (Å²) in [6.45, 7) is 2.95. The minimum absolute atomic E-state index is 0.0347. The Balaban J connectivity index is 1.97. The molecule has 3 rings (SSSR count). The van der Waals surface area contributed by atoms with Crippen LogP contribution in [0, 0.1) is 6.92 Å². The molecule has 2 aromatic heterocycles. The topological polar surface area (TPSA) is 65.3 Å². The second-order valence-corrected chi connectivity index (χ2v) is 5.21. The van der Waals surface area contributed by atoms with Crippen LogP contribution in [0.15, 0.2) is 53.6 Å². The van der Waals surface area contributed by atoms with Crippen LogP contribution in [0.3, 0.4) is 0 Å². The molecule has 1 aromatic carbocycles. The van der Waals surface area contributed by atoms with Gasteiger partial charge in [0.15, 0.2) is 0 Å². The second kappa shape index (κ2) is 5.54. The molecule has 0 saturated carbocycles. The molecule has 0 radical (unpaired) electrons. The van der Waals surface area contributed by atoms with E-state index in [9.17, 15) is 4.79 Å². The van der Waals surface area contributed by atoms with Crippen molar-refractivity contribution >= 4 is 5.52 Å². The molecule has 0 amide bonds. The summed E-state index contributed by atoms with van der Waals surface area (Å²) >= 11 is 0. The van der Waals surface area contributed by atoms with Crippen LogP contribution in [0.25, 0.3) is 5.52 Å². The molecular formula is C16H18N4O. The van der Waals surface area contributed by atoms with Gasteiger partial charge in [0.2, 0.25) is 0 Å². The number of hydrogen-bond donors (Lipinski definition) is 1. The third kappa shape index (κ3) is 2.60. The Hall–Kier alpha value is -2.40. The summed E-state index contributed by atoms with van der Waals surface area (Å²) in [4.78, 5) is 12.5. The van der Waals surface area contributed by atoms with Crippen LogP contribution < -0.4 is 11.3 Å². The van der Waals surface area contributed by atoms with Crippen molar-refractivity contribution in [3.05, 3.63) is 70.4 Å². The molecule has 2 heterocycles. The summed E-state index contributed by atoms with van der Waals surface area (Å²) in [5, 5.41) is 4.25. The van der Waals surface area contributed by atoms with Crippen molar-refractivity contribution in [1.82, 2.24) is 14.2 Å². The zero-order valence-electron chi connectivity index (χ0n) is 11.9. The van der Waals surface area contributed by atoms with Crippen molar-refractivity contribution in [3.8, 4) is 0 Å². The molecule has 0 bridgehead atoms. The van der Waals surface area contributed by atoms with Gasteiger partial charge >= 0.3 is 0 Å². The third-order valence-corrected chi connectivity index (χ3v) is 3.70. The lowest BCUT2D eigenvalue weighted by Crippen LogP contribution is -2.27. The molecule has 5 heteroatoms. The van der Waals surface area contributed by atoms with Crippen LogP contribution in [0.5, 0.6) is 0 Å². The van der Waals surface area contributed by atoms with Gasteiger partial charge < -0.3 is 10.3 Å². The number of nitrogens with zero attached hydrogens (tertiary/aromatic N) is 3. The molecule has 3 aromatic rings. The van der Waals surface area contributed by atoms with Crippen LogP contribution in [-0.4, -0.2) is 20.7 Å². The lowest BCUT2D eigenvalue weighted by atomic mass is 9.99. The average molecular weight is 282 g/mol. The Kier molecular flexibility index (Phi) is 3.58. The third-order valence-electron chi connectivity index (χ3n) is 3.70. The molecule has 0 aliphatic carbocycles. The van der Waals surface area contributed by atoms with Crippen LogP contribution in [0.2, 0.25) is 0 Å². The first-order valence-corrected chi connectivity index (χ1v) is 6.99. The van der Waals surface area contributed by atoms with Crippen LogP contribution >= 0.6 is 0 Å². The highest BCUT2D eigenvalue weighted by Crippen LogP contribution is 2.15. The van der Waals surface area contributed by atoms with E-state index >= 15 is 0 Å². The highest BCUT2D eigenvalue weighted by Gasteiger charge is 2.12. The Morgan fingerprint density at radius 1 is 1.24 bits per heavy atom. The van der Waals surface area contributed by atoms with Crippen molar-refractivity contribution in [2.45, 2.75) is 19.4 Å². The van der Waals surface area contributed by atoms with Crippen molar-refractivity contribution in [3.63, 3.8) is 0 Å². The molecular weight excluding hydrogens is 264 g/mol. The predicted octanol–water partition coefficient (Wildman–Crippen LogP) is 1.55. The van der Waals surface area contributed by atoms with E-state index in [4.69, 9.17) is 5.73 Å². The average Bonchev–Trinajstić information content (AvgIpc) is 2.89. The number of nitrogens with two attached hydrogens (primary N) is 1. The normalized spacial score (nSPS) is 12.7. The minimum Gasteiger partial charge on any atom is -0.330 e. The van der Waals surface area contributed by atoms with Crippen LogP contribution in [0.1, 0.15) is 17.2 Å². The van der Waals surface area contributed by atoms with E-state index in [0.29, 0.717) is 18.6 Å². The van der Waals surface area contributed by atoms with E-state index in [1.54, 1.807) is 21.3 Å². The van der Waals surface area contributed by atoms with Crippen molar-refractivity contribution in [1.29, 1.82) is 0 Å². The number of aryl methyl sites for hydroxylation is 1. The zero-order valence-corrected chi connectivity index (χ0v) is 11.9. The molecule has 0 aliphatic rings. The summed E-state index contributed by atoms with van der Waals surface area (Å²) in [6.07, 6.45) is 3.58. The first-order chi connectivity index (χ1) is 10.2. The van der Waals surface area contributed by atoms with Gasteiger partial charge in [0.05, 0.1) is 5.69 Å². The molecule has 0 saturated heterocycles. The van der Waals surface area contributed by atoms with Gasteiger partial charge in [0, 0.05) is 31.4 Å². The highest BCUT2D eigenvalue weighted by molar-refractivity contribution is 5.44. The van der Waals surface area contributed by atoms with Gasteiger partial charge in [-0.25, -0.2) is 4.52 Å². The SMILES string of the molecule is Cc1cc2c(=O)n(CC(CN)c3ccccc3)ccn2n1. The van der Waals surface area contributed by atoms with E-state index in [2.05, 4.69) is 5.10 Å². The maximum atomic E-state index is 12.5. The van der Waals surface area contributed by atoms with Crippen molar-refractivity contribution < 1.29 is 0 Å². The monoisotopic (exact) mass is 282 g/mol. The smallest absolute Gasteiger partial charge is 0.276 e. The van der Waals surface area contributed by atoms with E-state index in [-0.39, 0.29) is 11.5 Å². The molecule has 108 valence electrons. The quantitative estimate of drug-likeness (QED) is 0.789. The Bertz CT molecular complexity index is 804. The van der Waals surface area contributed by atoms with Gasteiger partial charge in [0.25, 0.3) is 5.56 Å². The second-order valence-electron chi connectivity index (χ2n) is 5.21. The lowest BCUT2D eigenvalue weighted by Gasteiger charge is -2.16. The van der Waals surface area contributed by atoms with E-state index < -0.39 is 0 Å². The first kappa shape index (κ1) is 13.6. The van der Waals surface area contributed by atoms with E-state index in [1.165, 1.54) is 0 Å². The highest BCUT2D eigenvalue weighted by atomic mass is 16.1. The molecule has 0 spiro atoms. The predicted molar refractivity (Wildman–Crippen MR) is 82.4 cm³/mol. The zero-order chi connectivity index (χ0) is 14.8. The molecule has 21 heavy (non-hydrogen) atoms. The number of rotatable bonds is 4. The minimum atomic E-state index is -0.0347. The Morgan fingerprint density at radius 2 is 2.00 bits per heavy atom. The molecule has 0 fully saturated rings. The summed E-state index contributed by atoms with van der Waals surface area (Å²) in [7, 11) is 0. The summed E-state index contributed by atoms with van der Waals surface area (Å²) in [6, 6.07) is 11.9. The van der Waals surface area contributed by atoms with Gasteiger partial charge in [0.1, 0.15) is 5.52 Å². The fourth-order valence-electron chi connectivity index (χ4n) is 2.57. The molecule has 1 unspecified atom stereocenters. The van der Waals surface area contributed by atoms with Crippen molar-refractivity contribution in [2.24, 2.45) is 5.73 Å². The summed E-state index contributed by atoms with van der Waals surface area (Å²) < 4.78 is 3.33. The van der Waals surface area contributed by atoms with E-state index in [1.807, 2.05) is 43.5 Å². The maximum absolute atomic E-state index is 12.5. The van der Waals surface area contributed by atoms with E-state index in [0.717, 1.165) is 11.3 Å². The fourth-order valence-corrected chi connectivity index (χ4v) is 2.57. The Labute approximate surface area is 122 Å². The van der Waals surface area contributed by atoms with Crippen molar-refractivity contribution in [2.75, 3.05) is 6.54 Å². The Morgan fingerprint density at radius 3 is 2.71 bits per heavy atom. The first-order valence-electron chi connectivity index (χ1n) is 6.99. The summed E-state index contributed by atoms with van der Waals surface area (Å²) in [5.74, 6) is 0.121. The van der Waals surface area contributed by atoms with Gasteiger partial charge in [-0.2, -0.15) is 5.10 Å². The molecule has 2 N–H and O–H groups in total. The number of benzene rings is 1. The largest absolute Gasteiger partial charge is 0.330 e. The van der Waals surface area contributed by atoms with Crippen LogP contribution in [-0.2, 0) is 6.54 Å². The van der Waals surface area contributed by atoms with Gasteiger partial charge in [-0.15, -0.1) is 0 Å². The lowest BCUT2D eigenvalue weighted by molar-refractivity contribution is 0.551. The van der Waals surface area contributed by atoms with Gasteiger partial charge in [-0.1, -0.05) is 30.3 Å². The molecule has 0 aliphatic heterocycles. The van der Waals surface area contributed by atoms with Gasteiger partial charge in [-0.05, 0) is 18.6 Å². The maximum Gasteiger partial charge on any atom is 0.276 e. The number of aromatic nitrogens is 3. The standard InChI is InChI=1S/C16H18N4O/c1-12-9-15-16(21)19(7-8-20(15)18-12)11-14(10-17)13-5-3-2-4-6-13/h2-9,14H,10-11,17H2,1H3. The number of hydrogen-bond acceptors (Lipinski definition) is 3. The van der Waals surface area contributed by atoms with Gasteiger partial charge in [-0.3, -0.25) is 4.79 Å². The summed E-state index contributed by atoms with van der Waals surface area (Å²) in [5.41, 5.74) is 8.43. The molecule has 5 nitrogen and oxygen atoms in total. The fraction of sp³-hybridized carbons (Fsp3) is 0.250.